The van der Waals surface area contributed by atoms with Gasteiger partial charge in [0.05, 0.1) is 22.0 Å². The van der Waals surface area contributed by atoms with Crippen molar-refractivity contribution in [3.63, 3.8) is 0 Å². The van der Waals surface area contributed by atoms with Crippen LogP contribution in [0.2, 0.25) is 0 Å². The molecule has 0 aliphatic carbocycles. The van der Waals surface area contributed by atoms with Crippen LogP contribution >= 0.6 is 15.9 Å². The highest BCUT2D eigenvalue weighted by molar-refractivity contribution is 9.10. The summed E-state index contributed by atoms with van der Waals surface area (Å²) < 4.78 is 13.3. The molecule has 1 N–H and O–H groups in total. The summed E-state index contributed by atoms with van der Waals surface area (Å²) in [6, 6.07) is 2.19. The van der Waals surface area contributed by atoms with E-state index in [4.69, 9.17) is 0 Å². The molecule has 0 heterocycles. The Balaban J connectivity index is 3.07. The molecule has 6 heteroatoms. The van der Waals surface area contributed by atoms with Gasteiger partial charge in [0.15, 0.2) is 0 Å². The molecule has 0 amide bonds. The third-order valence-corrected chi connectivity index (χ3v) is 2.39. The summed E-state index contributed by atoms with van der Waals surface area (Å²) in [5, 5.41) is 13.4. The highest BCUT2D eigenvalue weighted by atomic mass is 79.9. The third kappa shape index (κ3) is 2.94. The topological polar surface area (TPSA) is 55.2 Å². The van der Waals surface area contributed by atoms with Gasteiger partial charge in [-0.05, 0) is 28.9 Å². The van der Waals surface area contributed by atoms with Crippen LogP contribution in [-0.2, 0) is 0 Å². The summed E-state index contributed by atoms with van der Waals surface area (Å²) in [7, 11) is 0. The lowest BCUT2D eigenvalue weighted by atomic mass is 10.2. The Labute approximate surface area is 100 Å². The molecule has 1 aromatic rings. The average Bonchev–Trinajstić information content (AvgIpc) is 2.23. The van der Waals surface area contributed by atoms with Crippen molar-refractivity contribution >= 4 is 27.3 Å². The normalized spacial score (nSPS) is 9.19. The highest BCUT2D eigenvalue weighted by Crippen LogP contribution is 2.30. The van der Waals surface area contributed by atoms with Crippen LogP contribution in [0.15, 0.2) is 16.6 Å². The average molecular weight is 287 g/mol. The van der Waals surface area contributed by atoms with Crippen LogP contribution in [0, 0.1) is 27.8 Å². The fourth-order valence-corrected chi connectivity index (χ4v) is 1.40. The van der Waals surface area contributed by atoms with Crippen molar-refractivity contribution in [1.82, 2.24) is 0 Å². The maximum Gasteiger partial charge on any atom is 0.295 e. The first-order chi connectivity index (χ1) is 7.56. The van der Waals surface area contributed by atoms with Crippen LogP contribution in [0.5, 0.6) is 0 Å². The summed E-state index contributed by atoms with van der Waals surface area (Å²) in [6.45, 7) is 1.94. The zero-order chi connectivity index (χ0) is 12.1. The summed E-state index contributed by atoms with van der Waals surface area (Å²) in [5.41, 5.74) is -0.0698. The molecule has 0 saturated heterocycles. The Morgan fingerprint density at radius 2 is 2.31 bits per heavy atom. The fourth-order valence-electron chi connectivity index (χ4n) is 1.06. The molecule has 0 aliphatic heterocycles. The second kappa shape index (κ2) is 5.47. The Kier molecular flexibility index (Phi) is 4.26. The largest absolute Gasteiger partial charge is 0.369 e. The maximum atomic E-state index is 13.1. The molecule has 4 nitrogen and oxygen atoms in total. The molecule has 0 atom stereocenters. The van der Waals surface area contributed by atoms with Crippen LogP contribution in [0.1, 0.15) is 6.92 Å². The van der Waals surface area contributed by atoms with Gasteiger partial charge in [-0.3, -0.25) is 10.1 Å². The van der Waals surface area contributed by atoms with Crippen LogP contribution in [-0.4, -0.2) is 11.5 Å². The molecule has 0 radical (unpaired) electrons. The predicted octanol–water partition coefficient (Wildman–Crippen LogP) is 2.93. The predicted molar refractivity (Wildman–Crippen MR) is 62.7 cm³/mol. The maximum absolute atomic E-state index is 13.1. The fraction of sp³-hybridized carbons (Fsp3) is 0.200. The van der Waals surface area contributed by atoms with E-state index in [0.717, 1.165) is 6.07 Å². The molecule has 84 valence electrons. The van der Waals surface area contributed by atoms with Crippen molar-refractivity contribution in [2.45, 2.75) is 6.92 Å². The lowest BCUT2D eigenvalue weighted by molar-refractivity contribution is -0.384. The number of nitro groups is 1. The lowest BCUT2D eigenvalue weighted by Gasteiger charge is -2.05. The van der Waals surface area contributed by atoms with Crippen molar-refractivity contribution in [2.24, 2.45) is 0 Å². The van der Waals surface area contributed by atoms with Crippen LogP contribution < -0.4 is 5.32 Å². The van der Waals surface area contributed by atoms with Gasteiger partial charge >= 0.3 is 0 Å². The Bertz CT molecular complexity index is 480. The molecule has 1 aromatic carbocycles. The van der Waals surface area contributed by atoms with Crippen LogP contribution in [0.25, 0.3) is 0 Å². The molecule has 0 fully saturated rings. The first-order valence-corrected chi connectivity index (χ1v) is 5.12. The van der Waals surface area contributed by atoms with E-state index in [1.807, 2.05) is 0 Å². The van der Waals surface area contributed by atoms with Crippen molar-refractivity contribution in [3.8, 4) is 11.8 Å². The van der Waals surface area contributed by atoms with E-state index in [9.17, 15) is 14.5 Å². The molecular weight excluding hydrogens is 279 g/mol. The number of hydrogen-bond acceptors (Lipinski definition) is 3. The second-order valence-corrected chi connectivity index (χ2v) is 3.68. The molecule has 0 saturated carbocycles. The van der Waals surface area contributed by atoms with E-state index in [2.05, 4.69) is 33.1 Å². The quantitative estimate of drug-likeness (QED) is 0.528. The lowest BCUT2D eigenvalue weighted by Crippen LogP contribution is -2.03. The Hall–Kier alpha value is -1.61. The van der Waals surface area contributed by atoms with Crippen LogP contribution in [0.3, 0.4) is 0 Å². The van der Waals surface area contributed by atoms with Gasteiger partial charge in [0, 0.05) is 0 Å². The van der Waals surface area contributed by atoms with Crippen molar-refractivity contribution < 1.29 is 9.31 Å². The number of nitrogens with zero attached hydrogens (tertiary/aromatic N) is 1. The summed E-state index contributed by atoms with van der Waals surface area (Å²) >= 11 is 2.96. The van der Waals surface area contributed by atoms with E-state index >= 15 is 0 Å². The summed E-state index contributed by atoms with van der Waals surface area (Å²) in [4.78, 5) is 10.0. The van der Waals surface area contributed by atoms with E-state index in [0.29, 0.717) is 0 Å². The van der Waals surface area contributed by atoms with Gasteiger partial charge in [-0.1, -0.05) is 5.92 Å². The molecule has 16 heavy (non-hydrogen) atoms. The zero-order valence-electron chi connectivity index (χ0n) is 8.38. The van der Waals surface area contributed by atoms with Gasteiger partial charge in [-0.15, -0.1) is 5.92 Å². The number of anilines is 1. The molecule has 1 rings (SSSR count). The summed E-state index contributed by atoms with van der Waals surface area (Å²) in [5.74, 6) is 4.68. The standard InChI is InChI=1S/C10H8BrFN2O2/c1-2-3-4-13-9-5-7(11)8(12)6-10(9)14(15)16/h5-6,13H,4H2,1H3. The number of hydrogen-bond donors (Lipinski definition) is 1. The number of halogens is 2. The Morgan fingerprint density at radius 3 is 2.88 bits per heavy atom. The van der Waals surface area contributed by atoms with Crippen molar-refractivity contribution in [2.75, 3.05) is 11.9 Å². The third-order valence-electron chi connectivity index (χ3n) is 1.78. The van der Waals surface area contributed by atoms with Crippen LogP contribution in [0.4, 0.5) is 15.8 Å². The first-order valence-electron chi connectivity index (χ1n) is 4.33. The highest BCUT2D eigenvalue weighted by Gasteiger charge is 2.16. The van der Waals surface area contributed by atoms with E-state index < -0.39 is 10.7 Å². The summed E-state index contributed by atoms with van der Waals surface area (Å²) in [6.07, 6.45) is 0. The molecule has 0 aliphatic rings. The van der Waals surface area contributed by atoms with Gasteiger partial charge in [0.2, 0.25) is 0 Å². The monoisotopic (exact) mass is 286 g/mol. The SMILES string of the molecule is CC#CCNc1cc(Br)c(F)cc1[N+](=O)[O-]. The minimum atomic E-state index is -0.668. The molecule has 0 spiro atoms. The smallest absolute Gasteiger partial charge is 0.295 e. The van der Waals surface area contributed by atoms with Gasteiger partial charge in [-0.25, -0.2) is 4.39 Å². The van der Waals surface area contributed by atoms with Gasteiger partial charge in [-0.2, -0.15) is 0 Å². The van der Waals surface area contributed by atoms with E-state index in [1.54, 1.807) is 6.92 Å². The molecule has 0 unspecified atom stereocenters. The van der Waals surface area contributed by atoms with Crippen molar-refractivity contribution in [1.29, 1.82) is 0 Å². The van der Waals surface area contributed by atoms with Crippen molar-refractivity contribution in [3.05, 3.63) is 32.5 Å². The number of rotatable bonds is 3. The molecular formula is C10H8BrFN2O2. The van der Waals surface area contributed by atoms with E-state index in [-0.39, 0.29) is 22.4 Å². The minimum Gasteiger partial charge on any atom is -0.369 e. The van der Waals surface area contributed by atoms with Gasteiger partial charge in [0.25, 0.3) is 5.69 Å². The number of nitrogens with one attached hydrogen (secondary N) is 1. The molecule has 0 aromatic heterocycles. The second-order valence-electron chi connectivity index (χ2n) is 2.82. The molecule has 0 bridgehead atoms. The zero-order valence-corrected chi connectivity index (χ0v) is 9.97. The van der Waals surface area contributed by atoms with E-state index in [1.165, 1.54) is 6.07 Å². The number of nitro benzene ring substituents is 1. The first kappa shape index (κ1) is 12.5. The number of benzene rings is 1. The Morgan fingerprint density at radius 1 is 1.62 bits per heavy atom. The minimum absolute atomic E-state index is 0.171. The van der Waals surface area contributed by atoms with Gasteiger partial charge < -0.3 is 5.32 Å². The van der Waals surface area contributed by atoms with Gasteiger partial charge in [0.1, 0.15) is 11.5 Å².